The average Bonchev–Trinajstić information content (AvgIpc) is 3.25. The Morgan fingerprint density at radius 2 is 1.82 bits per heavy atom. The summed E-state index contributed by atoms with van der Waals surface area (Å²) in [4.78, 5) is 15.1. The Morgan fingerprint density at radius 1 is 1.06 bits per heavy atom. The molecular formula is C24H26F2N4O3S. The number of ether oxygens (including phenoxy) is 2. The Hall–Kier alpha value is -2.98. The number of benzene rings is 2. The van der Waals surface area contributed by atoms with E-state index in [2.05, 4.69) is 19.8 Å². The van der Waals surface area contributed by atoms with Crippen molar-refractivity contribution in [3.63, 3.8) is 0 Å². The van der Waals surface area contributed by atoms with Crippen molar-refractivity contribution in [1.82, 2.24) is 19.7 Å². The summed E-state index contributed by atoms with van der Waals surface area (Å²) in [6.07, 6.45) is 3.51. The second-order valence-corrected chi connectivity index (χ2v) is 8.83. The third kappa shape index (κ3) is 6.12. The molecule has 0 saturated carbocycles. The maximum absolute atomic E-state index is 12.8. The molecular weight excluding hydrogens is 462 g/mol. The van der Waals surface area contributed by atoms with E-state index in [0.717, 1.165) is 37.4 Å². The molecule has 1 saturated heterocycles. The van der Waals surface area contributed by atoms with E-state index in [1.165, 1.54) is 30.3 Å². The summed E-state index contributed by atoms with van der Waals surface area (Å²) >= 11 is 1.29. The Kier molecular flexibility index (Phi) is 8.12. The number of methoxy groups -OCH3 is 1. The zero-order chi connectivity index (χ0) is 23.9. The van der Waals surface area contributed by atoms with Crippen LogP contribution in [0.2, 0.25) is 0 Å². The molecule has 7 nitrogen and oxygen atoms in total. The van der Waals surface area contributed by atoms with Crippen LogP contribution in [-0.4, -0.2) is 58.0 Å². The van der Waals surface area contributed by atoms with Crippen LogP contribution < -0.4 is 9.47 Å². The summed E-state index contributed by atoms with van der Waals surface area (Å²) in [5.74, 6) is 1.54. The fourth-order valence-corrected chi connectivity index (χ4v) is 4.72. The van der Waals surface area contributed by atoms with Gasteiger partial charge in [-0.1, -0.05) is 30.3 Å². The second kappa shape index (κ2) is 11.4. The quantitative estimate of drug-likeness (QED) is 0.299. The maximum Gasteiger partial charge on any atom is 0.387 e. The Balaban J connectivity index is 1.56. The SMILES string of the molecule is COc1cccc(C(=O)CSc2nnc(CN3CCCCC3)n2-c2ccc(OC(F)F)cc2)c1. The summed E-state index contributed by atoms with van der Waals surface area (Å²) in [6, 6.07) is 13.4. The number of thioether (sulfide) groups is 1. The molecule has 0 spiro atoms. The van der Waals surface area contributed by atoms with E-state index in [1.807, 2.05) is 4.57 Å². The third-order valence-corrected chi connectivity index (χ3v) is 6.49. The van der Waals surface area contributed by atoms with Gasteiger partial charge in [0.1, 0.15) is 11.5 Å². The molecule has 1 aromatic heterocycles. The molecule has 2 heterocycles. The number of hydrogen-bond donors (Lipinski definition) is 0. The van der Waals surface area contributed by atoms with Crippen LogP contribution >= 0.6 is 11.8 Å². The smallest absolute Gasteiger partial charge is 0.387 e. The molecule has 1 aliphatic rings. The maximum atomic E-state index is 12.8. The van der Waals surface area contributed by atoms with Crippen molar-refractivity contribution in [3.8, 4) is 17.2 Å². The summed E-state index contributed by atoms with van der Waals surface area (Å²) in [6.45, 7) is -0.285. The Bertz CT molecular complexity index is 1100. The molecule has 3 aromatic rings. The van der Waals surface area contributed by atoms with Gasteiger partial charge in [-0.25, -0.2) is 0 Å². The van der Waals surface area contributed by atoms with Crippen molar-refractivity contribution in [3.05, 3.63) is 59.9 Å². The third-order valence-electron chi connectivity index (χ3n) is 5.56. The first kappa shape index (κ1) is 24.2. The second-order valence-electron chi connectivity index (χ2n) is 7.89. The number of hydrogen-bond acceptors (Lipinski definition) is 7. The number of alkyl halides is 2. The largest absolute Gasteiger partial charge is 0.497 e. The number of rotatable bonds is 10. The molecule has 0 amide bonds. The van der Waals surface area contributed by atoms with Gasteiger partial charge in [-0.2, -0.15) is 8.78 Å². The van der Waals surface area contributed by atoms with Gasteiger partial charge in [0, 0.05) is 11.3 Å². The van der Waals surface area contributed by atoms with E-state index >= 15 is 0 Å². The number of likely N-dealkylation sites (tertiary alicyclic amines) is 1. The highest BCUT2D eigenvalue weighted by molar-refractivity contribution is 7.99. The van der Waals surface area contributed by atoms with Crippen molar-refractivity contribution in [2.75, 3.05) is 26.0 Å². The molecule has 0 bridgehead atoms. The standard InChI is InChI=1S/C24H26F2N4O3S/c1-32-20-7-5-6-17(14-20)21(31)16-34-24-28-27-22(15-29-12-3-2-4-13-29)30(24)18-8-10-19(11-9-18)33-23(25)26/h5-11,14,23H,2-4,12-13,15-16H2,1H3. The van der Waals surface area contributed by atoms with Gasteiger partial charge in [0.15, 0.2) is 16.8 Å². The predicted octanol–water partition coefficient (Wildman–Crippen LogP) is 4.84. The molecule has 1 fully saturated rings. The van der Waals surface area contributed by atoms with Gasteiger partial charge in [0.2, 0.25) is 0 Å². The van der Waals surface area contributed by atoms with Gasteiger partial charge in [-0.15, -0.1) is 10.2 Å². The molecule has 0 aliphatic carbocycles. The zero-order valence-electron chi connectivity index (χ0n) is 18.8. The minimum absolute atomic E-state index is 0.0586. The lowest BCUT2D eigenvalue weighted by Gasteiger charge is -2.26. The number of aromatic nitrogens is 3. The highest BCUT2D eigenvalue weighted by Crippen LogP contribution is 2.26. The van der Waals surface area contributed by atoms with Crippen molar-refractivity contribution in [1.29, 1.82) is 0 Å². The lowest BCUT2D eigenvalue weighted by molar-refractivity contribution is -0.0498. The average molecular weight is 489 g/mol. The van der Waals surface area contributed by atoms with Gasteiger partial charge < -0.3 is 9.47 Å². The van der Waals surface area contributed by atoms with Crippen molar-refractivity contribution in [2.45, 2.75) is 37.6 Å². The Labute approximate surface area is 201 Å². The van der Waals surface area contributed by atoms with Crippen molar-refractivity contribution in [2.24, 2.45) is 0 Å². The molecule has 180 valence electrons. The molecule has 0 atom stereocenters. The number of Topliss-reactive ketones (excluding diaryl/α,β-unsaturated/α-hetero) is 1. The summed E-state index contributed by atoms with van der Waals surface area (Å²) in [5, 5.41) is 9.31. The number of nitrogens with zero attached hydrogens (tertiary/aromatic N) is 4. The first-order valence-electron chi connectivity index (χ1n) is 11.1. The van der Waals surface area contributed by atoms with E-state index in [1.54, 1.807) is 43.5 Å². The van der Waals surface area contributed by atoms with Crippen LogP contribution in [0.25, 0.3) is 5.69 Å². The van der Waals surface area contributed by atoms with E-state index in [-0.39, 0.29) is 17.3 Å². The van der Waals surface area contributed by atoms with E-state index in [4.69, 9.17) is 4.74 Å². The van der Waals surface area contributed by atoms with Gasteiger partial charge in [-0.05, 0) is 62.3 Å². The molecule has 0 unspecified atom stereocenters. The zero-order valence-corrected chi connectivity index (χ0v) is 19.6. The fourth-order valence-electron chi connectivity index (χ4n) is 3.86. The predicted molar refractivity (Wildman–Crippen MR) is 125 cm³/mol. The molecule has 34 heavy (non-hydrogen) atoms. The fraction of sp³-hybridized carbons (Fsp3) is 0.375. The van der Waals surface area contributed by atoms with E-state index < -0.39 is 6.61 Å². The van der Waals surface area contributed by atoms with Crippen molar-refractivity contribution >= 4 is 17.5 Å². The van der Waals surface area contributed by atoms with E-state index in [9.17, 15) is 13.6 Å². The molecule has 0 N–H and O–H groups in total. The highest BCUT2D eigenvalue weighted by Gasteiger charge is 2.20. The lowest BCUT2D eigenvalue weighted by Crippen LogP contribution is -2.30. The van der Waals surface area contributed by atoms with Gasteiger partial charge in [-0.3, -0.25) is 14.3 Å². The van der Waals surface area contributed by atoms with Crippen LogP contribution in [0.5, 0.6) is 11.5 Å². The van der Waals surface area contributed by atoms with Gasteiger partial charge in [0.05, 0.1) is 19.4 Å². The summed E-state index contributed by atoms with van der Waals surface area (Å²) in [7, 11) is 1.56. The first-order valence-corrected chi connectivity index (χ1v) is 12.0. The molecule has 4 rings (SSSR count). The van der Waals surface area contributed by atoms with Crippen LogP contribution in [0.15, 0.2) is 53.7 Å². The summed E-state index contributed by atoms with van der Waals surface area (Å²) in [5.41, 5.74) is 1.27. The lowest BCUT2D eigenvalue weighted by atomic mass is 10.1. The van der Waals surface area contributed by atoms with Gasteiger partial charge in [0.25, 0.3) is 0 Å². The van der Waals surface area contributed by atoms with Gasteiger partial charge >= 0.3 is 6.61 Å². The topological polar surface area (TPSA) is 69.5 Å². The Morgan fingerprint density at radius 3 is 2.53 bits per heavy atom. The number of piperidine rings is 1. The summed E-state index contributed by atoms with van der Waals surface area (Å²) < 4.78 is 36.7. The van der Waals surface area contributed by atoms with E-state index in [0.29, 0.717) is 23.0 Å². The molecule has 2 aromatic carbocycles. The normalized spacial score (nSPS) is 14.4. The number of halogens is 2. The highest BCUT2D eigenvalue weighted by atomic mass is 32.2. The molecule has 10 heteroatoms. The van der Waals surface area contributed by atoms with Crippen LogP contribution in [-0.2, 0) is 6.54 Å². The first-order chi connectivity index (χ1) is 16.5. The number of ketones is 1. The number of carbonyl (C=O) groups is 1. The molecule has 0 radical (unpaired) electrons. The van der Waals surface area contributed by atoms with Crippen LogP contribution in [0, 0.1) is 0 Å². The number of carbonyl (C=O) groups excluding carboxylic acids is 1. The van der Waals surface area contributed by atoms with Crippen LogP contribution in [0.3, 0.4) is 0 Å². The van der Waals surface area contributed by atoms with Crippen LogP contribution in [0.1, 0.15) is 35.4 Å². The minimum atomic E-state index is -2.89. The van der Waals surface area contributed by atoms with Crippen LogP contribution in [0.4, 0.5) is 8.78 Å². The van der Waals surface area contributed by atoms with Crippen molar-refractivity contribution < 1.29 is 23.0 Å². The monoisotopic (exact) mass is 488 g/mol. The minimum Gasteiger partial charge on any atom is -0.497 e. The molecule has 1 aliphatic heterocycles.